The highest BCUT2D eigenvalue weighted by atomic mass is 16.5. The Bertz CT molecular complexity index is 400. The first kappa shape index (κ1) is 14.5. The molecule has 19 heavy (non-hydrogen) atoms. The standard InChI is InChI=1S/C15H27N3O/c1-14(2,3)16-12-15(5-7-19-8-6-15)9-13-10-17-18(4)11-13/h10-11,16H,5-9,12H2,1-4H3. The van der Waals surface area contributed by atoms with Gasteiger partial charge >= 0.3 is 0 Å². The molecule has 1 fully saturated rings. The van der Waals surface area contributed by atoms with Crippen LogP contribution in [0.25, 0.3) is 0 Å². The lowest BCUT2D eigenvalue weighted by Gasteiger charge is -2.39. The third-order valence-corrected chi connectivity index (χ3v) is 3.88. The molecule has 108 valence electrons. The summed E-state index contributed by atoms with van der Waals surface area (Å²) in [7, 11) is 1.98. The number of rotatable bonds is 4. The number of nitrogens with zero attached hydrogens (tertiary/aromatic N) is 2. The summed E-state index contributed by atoms with van der Waals surface area (Å²) >= 11 is 0. The molecular weight excluding hydrogens is 238 g/mol. The third kappa shape index (κ3) is 4.32. The number of nitrogens with one attached hydrogen (secondary N) is 1. The number of aryl methyl sites for hydroxylation is 1. The van der Waals surface area contributed by atoms with E-state index in [4.69, 9.17) is 4.74 Å². The maximum atomic E-state index is 5.55. The number of aromatic nitrogens is 2. The Morgan fingerprint density at radius 3 is 2.58 bits per heavy atom. The molecule has 0 radical (unpaired) electrons. The molecule has 0 amide bonds. The van der Waals surface area contributed by atoms with E-state index in [2.05, 4.69) is 37.4 Å². The van der Waals surface area contributed by atoms with Crippen molar-refractivity contribution in [1.82, 2.24) is 15.1 Å². The van der Waals surface area contributed by atoms with Crippen LogP contribution < -0.4 is 5.32 Å². The van der Waals surface area contributed by atoms with Crippen molar-refractivity contribution in [2.75, 3.05) is 19.8 Å². The van der Waals surface area contributed by atoms with Crippen molar-refractivity contribution in [3.8, 4) is 0 Å². The van der Waals surface area contributed by atoms with E-state index in [-0.39, 0.29) is 5.54 Å². The van der Waals surface area contributed by atoms with Crippen LogP contribution in [0.4, 0.5) is 0 Å². The monoisotopic (exact) mass is 265 g/mol. The summed E-state index contributed by atoms with van der Waals surface area (Å²) in [5.74, 6) is 0. The molecule has 4 heteroatoms. The highest BCUT2D eigenvalue weighted by Crippen LogP contribution is 2.34. The van der Waals surface area contributed by atoms with E-state index in [0.29, 0.717) is 5.41 Å². The largest absolute Gasteiger partial charge is 0.381 e. The average molecular weight is 265 g/mol. The molecule has 1 saturated heterocycles. The lowest BCUT2D eigenvalue weighted by molar-refractivity contribution is 0.0121. The van der Waals surface area contributed by atoms with Gasteiger partial charge < -0.3 is 10.1 Å². The predicted octanol–water partition coefficient (Wildman–Crippen LogP) is 2.15. The second-order valence-electron chi connectivity index (χ2n) is 6.91. The van der Waals surface area contributed by atoms with Crippen LogP contribution in [0.2, 0.25) is 0 Å². The zero-order chi connectivity index (χ0) is 13.9. The summed E-state index contributed by atoms with van der Waals surface area (Å²) in [6.45, 7) is 9.49. The summed E-state index contributed by atoms with van der Waals surface area (Å²) in [4.78, 5) is 0. The minimum absolute atomic E-state index is 0.167. The first-order valence-corrected chi connectivity index (χ1v) is 7.19. The molecule has 4 nitrogen and oxygen atoms in total. The van der Waals surface area contributed by atoms with Gasteiger partial charge in [-0.15, -0.1) is 0 Å². The normalized spacial score (nSPS) is 19.6. The zero-order valence-corrected chi connectivity index (χ0v) is 12.7. The molecule has 1 N–H and O–H groups in total. The molecule has 0 atom stereocenters. The first-order chi connectivity index (χ1) is 8.89. The van der Waals surface area contributed by atoms with E-state index >= 15 is 0 Å². The highest BCUT2D eigenvalue weighted by Gasteiger charge is 2.34. The van der Waals surface area contributed by atoms with Crippen molar-refractivity contribution in [1.29, 1.82) is 0 Å². The quantitative estimate of drug-likeness (QED) is 0.906. The van der Waals surface area contributed by atoms with Gasteiger partial charge in [-0.05, 0) is 51.0 Å². The molecule has 0 spiro atoms. The molecule has 1 aromatic rings. The number of ether oxygens (including phenoxy) is 1. The van der Waals surface area contributed by atoms with Gasteiger partial charge in [-0.1, -0.05) is 0 Å². The van der Waals surface area contributed by atoms with Crippen molar-refractivity contribution >= 4 is 0 Å². The smallest absolute Gasteiger partial charge is 0.0521 e. The van der Waals surface area contributed by atoms with Gasteiger partial charge in [-0.2, -0.15) is 5.10 Å². The van der Waals surface area contributed by atoms with E-state index in [9.17, 15) is 0 Å². The maximum absolute atomic E-state index is 5.55. The molecule has 2 heterocycles. The van der Waals surface area contributed by atoms with E-state index < -0.39 is 0 Å². The second kappa shape index (κ2) is 5.63. The fraction of sp³-hybridized carbons (Fsp3) is 0.800. The van der Waals surface area contributed by atoms with Crippen LogP contribution in [-0.4, -0.2) is 35.1 Å². The third-order valence-electron chi connectivity index (χ3n) is 3.88. The molecule has 1 aliphatic rings. The Hall–Kier alpha value is -0.870. The van der Waals surface area contributed by atoms with Crippen molar-refractivity contribution < 1.29 is 4.74 Å². The van der Waals surface area contributed by atoms with E-state index in [1.165, 1.54) is 5.56 Å². The van der Waals surface area contributed by atoms with Crippen molar-refractivity contribution in [2.45, 2.75) is 45.6 Å². The minimum Gasteiger partial charge on any atom is -0.381 e. The minimum atomic E-state index is 0.167. The van der Waals surface area contributed by atoms with Crippen LogP contribution in [0.3, 0.4) is 0 Å². The summed E-state index contributed by atoms with van der Waals surface area (Å²) in [6, 6.07) is 0. The van der Waals surface area contributed by atoms with Gasteiger partial charge in [0.25, 0.3) is 0 Å². The molecule has 2 rings (SSSR count). The molecule has 0 unspecified atom stereocenters. The second-order valence-corrected chi connectivity index (χ2v) is 6.91. The molecular formula is C15H27N3O. The fourth-order valence-electron chi connectivity index (χ4n) is 2.67. The predicted molar refractivity (Wildman–Crippen MR) is 77.2 cm³/mol. The molecule has 1 aliphatic heterocycles. The fourth-order valence-corrected chi connectivity index (χ4v) is 2.67. The van der Waals surface area contributed by atoms with E-state index in [1.807, 2.05) is 17.9 Å². The molecule has 1 aromatic heterocycles. The molecule has 0 aromatic carbocycles. The van der Waals surface area contributed by atoms with Crippen molar-refractivity contribution in [3.05, 3.63) is 18.0 Å². The summed E-state index contributed by atoms with van der Waals surface area (Å²) < 4.78 is 7.44. The van der Waals surface area contributed by atoms with Gasteiger partial charge in [0.05, 0.1) is 6.20 Å². The van der Waals surface area contributed by atoms with Crippen LogP contribution >= 0.6 is 0 Å². The van der Waals surface area contributed by atoms with Crippen molar-refractivity contribution in [3.63, 3.8) is 0 Å². The Balaban J connectivity index is 2.05. The van der Waals surface area contributed by atoms with Crippen LogP contribution in [0.15, 0.2) is 12.4 Å². The average Bonchev–Trinajstić information content (AvgIpc) is 2.73. The Kier molecular flexibility index (Phi) is 4.31. The van der Waals surface area contributed by atoms with Crippen molar-refractivity contribution in [2.24, 2.45) is 12.5 Å². The number of hydrogen-bond acceptors (Lipinski definition) is 3. The van der Waals surface area contributed by atoms with Gasteiger partial charge in [-0.3, -0.25) is 4.68 Å². The van der Waals surface area contributed by atoms with Gasteiger partial charge in [0, 0.05) is 38.5 Å². The van der Waals surface area contributed by atoms with Gasteiger partial charge in [0.1, 0.15) is 0 Å². The molecule has 0 bridgehead atoms. The topological polar surface area (TPSA) is 39.1 Å². The van der Waals surface area contributed by atoms with Gasteiger partial charge in [0.15, 0.2) is 0 Å². The SMILES string of the molecule is Cn1cc(CC2(CNC(C)(C)C)CCOCC2)cn1. The van der Waals surface area contributed by atoms with Crippen LogP contribution in [0.5, 0.6) is 0 Å². The Morgan fingerprint density at radius 2 is 2.05 bits per heavy atom. The van der Waals surface area contributed by atoms with E-state index in [0.717, 1.165) is 39.0 Å². The molecule has 0 saturated carbocycles. The van der Waals surface area contributed by atoms with Crippen LogP contribution in [0, 0.1) is 5.41 Å². The van der Waals surface area contributed by atoms with Crippen LogP contribution in [0.1, 0.15) is 39.2 Å². The Morgan fingerprint density at radius 1 is 1.37 bits per heavy atom. The van der Waals surface area contributed by atoms with Gasteiger partial charge in [0.2, 0.25) is 0 Å². The number of hydrogen-bond donors (Lipinski definition) is 1. The zero-order valence-electron chi connectivity index (χ0n) is 12.7. The summed E-state index contributed by atoms with van der Waals surface area (Å²) in [5, 5.41) is 7.96. The Labute approximate surface area is 116 Å². The highest BCUT2D eigenvalue weighted by molar-refractivity contribution is 5.08. The van der Waals surface area contributed by atoms with Gasteiger partial charge in [-0.25, -0.2) is 0 Å². The lowest BCUT2D eigenvalue weighted by atomic mass is 9.75. The summed E-state index contributed by atoms with van der Waals surface area (Å²) in [5.41, 5.74) is 1.81. The first-order valence-electron chi connectivity index (χ1n) is 7.19. The van der Waals surface area contributed by atoms with Crippen LogP contribution in [-0.2, 0) is 18.2 Å². The lowest BCUT2D eigenvalue weighted by Crippen LogP contribution is -2.47. The summed E-state index contributed by atoms with van der Waals surface area (Å²) in [6.07, 6.45) is 7.48. The van der Waals surface area contributed by atoms with E-state index in [1.54, 1.807) is 0 Å². The maximum Gasteiger partial charge on any atom is 0.0521 e. The molecule has 0 aliphatic carbocycles.